The average molecular weight is 373 g/mol. The number of unbranched alkanes of at least 4 members (excludes halogenated alkanes) is 12. The van der Waals surface area contributed by atoms with Gasteiger partial charge in [-0.05, 0) is 18.6 Å². The van der Waals surface area contributed by atoms with E-state index in [4.69, 9.17) is 4.42 Å². The predicted molar refractivity (Wildman–Crippen MR) is 112 cm³/mol. The van der Waals surface area contributed by atoms with Gasteiger partial charge < -0.3 is 9.73 Å². The van der Waals surface area contributed by atoms with Crippen LogP contribution in [0.5, 0.6) is 0 Å². The highest BCUT2D eigenvalue weighted by Gasteiger charge is 2.07. The molecule has 5 nitrogen and oxygen atoms in total. The second-order valence-electron chi connectivity index (χ2n) is 7.32. The minimum Gasteiger partial charge on any atom is -0.403 e. The van der Waals surface area contributed by atoms with Crippen molar-refractivity contribution in [3.05, 3.63) is 24.5 Å². The van der Waals surface area contributed by atoms with Gasteiger partial charge in [-0.1, -0.05) is 89.1 Å². The van der Waals surface area contributed by atoms with Crippen LogP contribution >= 0.6 is 0 Å². The zero-order valence-electron chi connectivity index (χ0n) is 17.0. The SMILES string of the molecule is CCCCCCCCCCCCCCCNc1nnc(-c2ccncc2)o1. The van der Waals surface area contributed by atoms with Gasteiger partial charge in [0.25, 0.3) is 0 Å². The second-order valence-corrected chi connectivity index (χ2v) is 7.32. The lowest BCUT2D eigenvalue weighted by atomic mass is 10.0. The molecule has 2 rings (SSSR count). The van der Waals surface area contributed by atoms with Crippen molar-refractivity contribution in [1.82, 2.24) is 15.2 Å². The van der Waals surface area contributed by atoms with E-state index in [9.17, 15) is 0 Å². The van der Waals surface area contributed by atoms with Crippen molar-refractivity contribution in [3.63, 3.8) is 0 Å². The Hall–Kier alpha value is -1.91. The van der Waals surface area contributed by atoms with E-state index in [1.165, 1.54) is 77.0 Å². The van der Waals surface area contributed by atoms with Crippen molar-refractivity contribution in [2.24, 2.45) is 0 Å². The number of nitrogens with zero attached hydrogens (tertiary/aromatic N) is 3. The van der Waals surface area contributed by atoms with E-state index < -0.39 is 0 Å². The Morgan fingerprint density at radius 2 is 1.30 bits per heavy atom. The van der Waals surface area contributed by atoms with Gasteiger partial charge in [0, 0.05) is 24.5 Å². The second kappa shape index (κ2) is 14.2. The van der Waals surface area contributed by atoms with Crippen LogP contribution in [0.4, 0.5) is 6.01 Å². The van der Waals surface area contributed by atoms with Crippen LogP contribution in [0.2, 0.25) is 0 Å². The van der Waals surface area contributed by atoms with Gasteiger partial charge >= 0.3 is 6.01 Å². The molecule has 0 saturated heterocycles. The van der Waals surface area contributed by atoms with E-state index in [1.54, 1.807) is 12.4 Å². The van der Waals surface area contributed by atoms with Crippen LogP contribution in [-0.4, -0.2) is 21.7 Å². The first-order chi connectivity index (χ1) is 13.4. The summed E-state index contributed by atoms with van der Waals surface area (Å²) in [5.74, 6) is 0.533. The average Bonchev–Trinajstić information content (AvgIpc) is 3.18. The smallest absolute Gasteiger partial charge is 0.315 e. The Labute approximate surface area is 164 Å². The fourth-order valence-electron chi connectivity index (χ4n) is 3.24. The summed E-state index contributed by atoms with van der Waals surface area (Å²) >= 11 is 0. The van der Waals surface area contributed by atoms with E-state index in [0.717, 1.165) is 18.5 Å². The molecule has 0 aliphatic carbocycles. The predicted octanol–water partition coefficient (Wildman–Crippen LogP) is 6.63. The van der Waals surface area contributed by atoms with Gasteiger partial charge in [0.05, 0.1) is 0 Å². The first kappa shape index (κ1) is 21.4. The van der Waals surface area contributed by atoms with Crippen LogP contribution in [0.3, 0.4) is 0 Å². The number of hydrogen-bond donors (Lipinski definition) is 1. The van der Waals surface area contributed by atoms with E-state index in [2.05, 4.69) is 27.4 Å². The summed E-state index contributed by atoms with van der Waals surface area (Å²) in [7, 11) is 0. The molecule has 2 aromatic rings. The monoisotopic (exact) mass is 372 g/mol. The number of nitrogens with one attached hydrogen (secondary N) is 1. The van der Waals surface area contributed by atoms with Crippen molar-refractivity contribution in [2.75, 3.05) is 11.9 Å². The molecule has 2 aromatic heterocycles. The first-order valence-electron chi connectivity index (χ1n) is 10.9. The Morgan fingerprint density at radius 1 is 0.741 bits per heavy atom. The number of hydrogen-bond acceptors (Lipinski definition) is 5. The van der Waals surface area contributed by atoms with Crippen LogP contribution in [0, 0.1) is 0 Å². The van der Waals surface area contributed by atoms with E-state index in [-0.39, 0.29) is 0 Å². The van der Waals surface area contributed by atoms with Crippen LogP contribution in [0.25, 0.3) is 11.5 Å². The van der Waals surface area contributed by atoms with Crippen molar-refractivity contribution >= 4 is 6.01 Å². The van der Waals surface area contributed by atoms with Crippen molar-refractivity contribution in [2.45, 2.75) is 90.4 Å². The maximum atomic E-state index is 5.62. The third kappa shape index (κ3) is 9.55. The largest absolute Gasteiger partial charge is 0.403 e. The van der Waals surface area contributed by atoms with Gasteiger partial charge in [-0.25, -0.2) is 0 Å². The van der Waals surface area contributed by atoms with E-state index >= 15 is 0 Å². The fourth-order valence-corrected chi connectivity index (χ4v) is 3.24. The summed E-state index contributed by atoms with van der Waals surface area (Å²) in [6.07, 6.45) is 21.2. The molecule has 0 unspecified atom stereocenters. The quantitative estimate of drug-likeness (QED) is 0.335. The normalized spacial score (nSPS) is 11.0. The summed E-state index contributed by atoms with van der Waals surface area (Å²) in [6, 6.07) is 4.23. The molecule has 0 aromatic carbocycles. The lowest BCUT2D eigenvalue weighted by molar-refractivity contribution is 0.539. The summed E-state index contributed by atoms with van der Waals surface area (Å²) in [5, 5.41) is 11.3. The Bertz CT molecular complexity index is 585. The number of rotatable bonds is 16. The Morgan fingerprint density at radius 3 is 1.89 bits per heavy atom. The molecule has 0 bridgehead atoms. The minimum atomic E-state index is 0.501. The maximum absolute atomic E-state index is 5.62. The molecule has 0 spiro atoms. The van der Waals surface area contributed by atoms with E-state index in [0.29, 0.717) is 11.9 Å². The van der Waals surface area contributed by atoms with Gasteiger partial charge in [0.1, 0.15) is 0 Å². The molecule has 0 fully saturated rings. The zero-order chi connectivity index (χ0) is 19.0. The van der Waals surface area contributed by atoms with Gasteiger partial charge in [0.15, 0.2) is 0 Å². The summed E-state index contributed by atoms with van der Waals surface area (Å²) in [5.41, 5.74) is 0.895. The van der Waals surface area contributed by atoms with Gasteiger partial charge in [-0.3, -0.25) is 4.98 Å². The molecule has 2 heterocycles. The summed E-state index contributed by atoms with van der Waals surface area (Å²) < 4.78 is 5.62. The topological polar surface area (TPSA) is 63.8 Å². The molecule has 0 radical (unpaired) electrons. The minimum absolute atomic E-state index is 0.501. The highest BCUT2D eigenvalue weighted by Crippen LogP contribution is 2.18. The third-order valence-electron chi connectivity index (χ3n) is 4.91. The maximum Gasteiger partial charge on any atom is 0.315 e. The number of anilines is 1. The van der Waals surface area contributed by atoms with Gasteiger partial charge in [-0.2, -0.15) is 0 Å². The highest BCUT2D eigenvalue weighted by molar-refractivity contribution is 5.51. The fraction of sp³-hybridized carbons (Fsp3) is 0.682. The van der Waals surface area contributed by atoms with Crippen LogP contribution in [0.1, 0.15) is 90.4 Å². The first-order valence-corrected chi connectivity index (χ1v) is 10.9. The molecule has 1 N–H and O–H groups in total. The molecule has 0 aliphatic rings. The van der Waals surface area contributed by atoms with E-state index in [1.807, 2.05) is 12.1 Å². The van der Waals surface area contributed by atoms with Crippen LogP contribution in [0.15, 0.2) is 28.9 Å². The lowest BCUT2D eigenvalue weighted by Crippen LogP contribution is -2.01. The molecule has 150 valence electrons. The van der Waals surface area contributed by atoms with Crippen LogP contribution < -0.4 is 5.32 Å². The lowest BCUT2D eigenvalue weighted by Gasteiger charge is -2.03. The van der Waals surface area contributed by atoms with Crippen molar-refractivity contribution in [1.29, 1.82) is 0 Å². The molecule has 27 heavy (non-hydrogen) atoms. The zero-order valence-corrected chi connectivity index (χ0v) is 17.0. The standard InChI is InChI=1S/C22H36N4O/c1-2-3-4-5-6-7-8-9-10-11-12-13-14-17-24-22-26-25-21(27-22)20-15-18-23-19-16-20/h15-16,18-19H,2-14,17H2,1H3,(H,24,26). The van der Waals surface area contributed by atoms with Crippen LogP contribution in [-0.2, 0) is 0 Å². The third-order valence-corrected chi connectivity index (χ3v) is 4.91. The van der Waals surface area contributed by atoms with Crippen molar-refractivity contribution in [3.8, 4) is 11.5 Å². The highest BCUT2D eigenvalue weighted by atomic mass is 16.4. The molecular formula is C22H36N4O. The molecular weight excluding hydrogens is 336 g/mol. The molecule has 0 amide bonds. The van der Waals surface area contributed by atoms with Gasteiger partial charge in [0.2, 0.25) is 5.89 Å². The number of aromatic nitrogens is 3. The Kier molecular flexibility index (Phi) is 11.2. The molecule has 0 aliphatic heterocycles. The molecule has 0 atom stereocenters. The summed E-state index contributed by atoms with van der Waals surface area (Å²) in [6.45, 7) is 3.16. The molecule has 0 saturated carbocycles. The number of pyridine rings is 1. The summed E-state index contributed by atoms with van der Waals surface area (Å²) in [4.78, 5) is 3.99. The molecule has 5 heteroatoms. The van der Waals surface area contributed by atoms with Crippen molar-refractivity contribution < 1.29 is 4.42 Å². The Balaban J connectivity index is 1.39. The van der Waals surface area contributed by atoms with Gasteiger partial charge in [-0.15, -0.1) is 5.10 Å².